The van der Waals surface area contributed by atoms with Crippen LogP contribution in [0.5, 0.6) is 0 Å². The number of pyridine rings is 1. The van der Waals surface area contributed by atoms with Crippen LogP contribution in [0.2, 0.25) is 0 Å². The van der Waals surface area contributed by atoms with Crippen molar-refractivity contribution in [3.8, 4) is 0 Å². The maximum Gasteiger partial charge on any atom is 0.313 e. The Morgan fingerprint density at radius 3 is 2.50 bits per heavy atom. The molecule has 1 aromatic carbocycles. The number of likely N-dealkylation sites (tertiary alicyclic amines) is 1. The van der Waals surface area contributed by atoms with Crippen molar-refractivity contribution >= 4 is 23.3 Å². The predicted molar refractivity (Wildman–Crippen MR) is 106 cm³/mol. The highest BCUT2D eigenvalue weighted by Gasteiger charge is 2.33. The molecule has 160 valence electrons. The van der Waals surface area contributed by atoms with Crippen LogP contribution in [-0.4, -0.2) is 34.3 Å². The molecule has 1 saturated heterocycles. The third-order valence-electron chi connectivity index (χ3n) is 5.29. The second kappa shape index (κ2) is 8.73. The summed E-state index contributed by atoms with van der Waals surface area (Å²) in [5, 5.41) is 2.51. The third-order valence-corrected chi connectivity index (χ3v) is 5.29. The van der Waals surface area contributed by atoms with Crippen LogP contribution < -0.4 is 11.1 Å². The monoisotopic (exact) mass is 420 g/mol. The van der Waals surface area contributed by atoms with Crippen LogP contribution in [0.15, 0.2) is 24.4 Å². The molecule has 1 fully saturated rings. The van der Waals surface area contributed by atoms with Gasteiger partial charge in [0.15, 0.2) is 17.5 Å². The summed E-state index contributed by atoms with van der Waals surface area (Å²) in [5.41, 5.74) is 6.88. The standard InChI is InChI=1S/C21H23F3N4O2/c1-11-3-4-15(6-13-7-16(22)18(24)17(23)8-13)28(10-11)21(30)20(29)27-14-5-12(2)19(25)26-9-14/h5,7-9,11,15H,3-4,6,10H2,1-2H3,(H2,25,26)(H,27,29)/t11-,15?/m0/s1. The summed E-state index contributed by atoms with van der Waals surface area (Å²) in [6, 6.07) is 3.01. The van der Waals surface area contributed by atoms with Gasteiger partial charge in [-0.3, -0.25) is 9.59 Å². The minimum atomic E-state index is -1.53. The van der Waals surface area contributed by atoms with E-state index in [1.54, 1.807) is 13.0 Å². The van der Waals surface area contributed by atoms with Crippen molar-refractivity contribution in [2.24, 2.45) is 5.92 Å². The fraction of sp³-hybridized carbons (Fsp3) is 0.381. The predicted octanol–water partition coefficient (Wildman–Crippen LogP) is 3.20. The molecule has 6 nitrogen and oxygen atoms in total. The van der Waals surface area contributed by atoms with Gasteiger partial charge in [0.1, 0.15) is 5.82 Å². The van der Waals surface area contributed by atoms with Crippen molar-refractivity contribution in [3.05, 3.63) is 53.0 Å². The number of nitrogens with one attached hydrogen (secondary N) is 1. The second-order valence-electron chi connectivity index (χ2n) is 7.75. The molecule has 2 aromatic rings. The minimum Gasteiger partial charge on any atom is -0.383 e. The summed E-state index contributed by atoms with van der Waals surface area (Å²) in [6.45, 7) is 4.02. The Morgan fingerprint density at radius 2 is 1.87 bits per heavy atom. The summed E-state index contributed by atoms with van der Waals surface area (Å²) in [4.78, 5) is 30.7. The Balaban J connectivity index is 1.77. The molecule has 0 aliphatic carbocycles. The second-order valence-corrected chi connectivity index (χ2v) is 7.75. The first-order valence-corrected chi connectivity index (χ1v) is 9.63. The van der Waals surface area contributed by atoms with Crippen molar-refractivity contribution in [2.75, 3.05) is 17.6 Å². The van der Waals surface area contributed by atoms with E-state index in [2.05, 4.69) is 10.3 Å². The zero-order valence-corrected chi connectivity index (χ0v) is 16.7. The summed E-state index contributed by atoms with van der Waals surface area (Å²) in [6.07, 6.45) is 2.82. The highest BCUT2D eigenvalue weighted by molar-refractivity contribution is 6.39. The molecule has 0 radical (unpaired) electrons. The van der Waals surface area contributed by atoms with Crippen LogP contribution in [0, 0.1) is 30.3 Å². The maximum absolute atomic E-state index is 13.6. The average molecular weight is 420 g/mol. The molecule has 1 aliphatic rings. The smallest absolute Gasteiger partial charge is 0.313 e. The van der Waals surface area contributed by atoms with Crippen LogP contribution >= 0.6 is 0 Å². The molecule has 1 aromatic heterocycles. The van der Waals surface area contributed by atoms with Crippen LogP contribution in [0.1, 0.15) is 30.9 Å². The van der Waals surface area contributed by atoms with Gasteiger partial charge in [-0.1, -0.05) is 6.92 Å². The lowest BCUT2D eigenvalue weighted by molar-refractivity contribution is -0.146. The molecule has 0 saturated carbocycles. The number of hydrogen-bond donors (Lipinski definition) is 2. The molecule has 3 N–H and O–H groups in total. The van der Waals surface area contributed by atoms with E-state index in [0.717, 1.165) is 18.6 Å². The van der Waals surface area contributed by atoms with Crippen molar-refractivity contribution in [3.63, 3.8) is 0 Å². The number of benzene rings is 1. The van der Waals surface area contributed by atoms with E-state index in [-0.39, 0.29) is 17.9 Å². The quantitative estimate of drug-likeness (QED) is 0.590. The summed E-state index contributed by atoms with van der Waals surface area (Å²) in [5.74, 6) is -5.19. The van der Waals surface area contributed by atoms with Gasteiger partial charge in [-0.25, -0.2) is 18.2 Å². The molecule has 1 aliphatic heterocycles. The number of nitrogens with zero attached hydrogens (tertiary/aromatic N) is 2. The average Bonchev–Trinajstić information content (AvgIpc) is 2.69. The van der Waals surface area contributed by atoms with E-state index >= 15 is 0 Å². The number of carbonyl (C=O) groups is 2. The Hall–Kier alpha value is -3.10. The summed E-state index contributed by atoms with van der Waals surface area (Å²) >= 11 is 0. The van der Waals surface area contributed by atoms with Crippen LogP contribution in [0.25, 0.3) is 0 Å². The van der Waals surface area contributed by atoms with Gasteiger partial charge in [0.25, 0.3) is 0 Å². The molecule has 3 rings (SSSR count). The number of carbonyl (C=O) groups excluding carboxylic acids is 2. The van der Waals surface area contributed by atoms with E-state index in [4.69, 9.17) is 5.73 Å². The highest BCUT2D eigenvalue weighted by Crippen LogP contribution is 2.26. The number of nitrogen functional groups attached to an aromatic ring is 1. The van der Waals surface area contributed by atoms with Crippen molar-refractivity contribution in [2.45, 2.75) is 39.2 Å². The lowest BCUT2D eigenvalue weighted by atomic mass is 9.90. The fourth-order valence-corrected chi connectivity index (χ4v) is 3.64. The van der Waals surface area contributed by atoms with E-state index in [0.29, 0.717) is 30.0 Å². The zero-order chi connectivity index (χ0) is 22.0. The number of hydrogen-bond acceptors (Lipinski definition) is 4. The molecule has 2 atom stereocenters. The van der Waals surface area contributed by atoms with Gasteiger partial charge in [-0.2, -0.15) is 0 Å². The lowest BCUT2D eigenvalue weighted by Gasteiger charge is -2.38. The van der Waals surface area contributed by atoms with E-state index < -0.39 is 35.3 Å². The molecular weight excluding hydrogens is 397 g/mol. The van der Waals surface area contributed by atoms with Gasteiger partial charge < -0.3 is 16.0 Å². The number of piperidine rings is 1. The number of aromatic nitrogens is 1. The van der Waals surface area contributed by atoms with Crippen molar-refractivity contribution in [1.29, 1.82) is 0 Å². The Labute approximate surface area is 172 Å². The van der Waals surface area contributed by atoms with Crippen molar-refractivity contribution in [1.82, 2.24) is 9.88 Å². The van der Waals surface area contributed by atoms with Crippen molar-refractivity contribution < 1.29 is 22.8 Å². The SMILES string of the molecule is Cc1cc(NC(=O)C(=O)N2C[C@@H](C)CCC2Cc2cc(F)c(F)c(F)c2)cnc1N. The van der Waals surface area contributed by atoms with E-state index in [9.17, 15) is 22.8 Å². The first kappa shape index (κ1) is 21.6. The molecular formula is C21H23F3N4O2. The first-order valence-electron chi connectivity index (χ1n) is 9.63. The van der Waals surface area contributed by atoms with Gasteiger partial charge in [0.05, 0.1) is 11.9 Å². The number of rotatable bonds is 3. The molecule has 2 amide bonds. The molecule has 0 bridgehead atoms. The molecule has 2 heterocycles. The highest BCUT2D eigenvalue weighted by atomic mass is 19.2. The van der Waals surface area contributed by atoms with Gasteiger partial charge in [-0.15, -0.1) is 0 Å². The summed E-state index contributed by atoms with van der Waals surface area (Å²) < 4.78 is 40.4. The molecule has 9 heteroatoms. The fourth-order valence-electron chi connectivity index (χ4n) is 3.64. The maximum atomic E-state index is 13.6. The zero-order valence-electron chi connectivity index (χ0n) is 16.7. The normalized spacial score (nSPS) is 18.9. The minimum absolute atomic E-state index is 0.113. The topological polar surface area (TPSA) is 88.3 Å². The molecule has 1 unspecified atom stereocenters. The van der Waals surface area contributed by atoms with Gasteiger partial charge in [0, 0.05) is 12.6 Å². The number of halogens is 3. The molecule has 30 heavy (non-hydrogen) atoms. The van der Waals surface area contributed by atoms with Crippen LogP contribution in [-0.2, 0) is 16.0 Å². The first-order chi connectivity index (χ1) is 14.2. The lowest BCUT2D eigenvalue weighted by Crippen LogP contribution is -2.51. The summed E-state index contributed by atoms with van der Waals surface area (Å²) in [7, 11) is 0. The largest absolute Gasteiger partial charge is 0.383 e. The Morgan fingerprint density at radius 1 is 1.20 bits per heavy atom. The third kappa shape index (κ3) is 4.72. The van der Waals surface area contributed by atoms with Crippen LogP contribution in [0.4, 0.5) is 24.7 Å². The van der Waals surface area contributed by atoms with Crippen LogP contribution in [0.3, 0.4) is 0 Å². The number of anilines is 2. The number of nitrogens with two attached hydrogens (primary N) is 1. The van der Waals surface area contributed by atoms with E-state index in [1.807, 2.05) is 6.92 Å². The van der Waals surface area contributed by atoms with E-state index in [1.165, 1.54) is 11.1 Å². The Bertz CT molecular complexity index is 960. The number of aryl methyl sites for hydroxylation is 1. The van der Waals surface area contributed by atoms with Gasteiger partial charge in [-0.05, 0) is 61.4 Å². The van der Waals surface area contributed by atoms with Gasteiger partial charge >= 0.3 is 11.8 Å². The molecule has 0 spiro atoms. The van der Waals surface area contributed by atoms with Gasteiger partial charge in [0.2, 0.25) is 0 Å². The number of amides is 2. The Kier molecular flexibility index (Phi) is 6.28.